The van der Waals surface area contributed by atoms with E-state index in [0.29, 0.717) is 13.2 Å². The third kappa shape index (κ3) is 3.58. The second kappa shape index (κ2) is 6.86. The maximum atomic E-state index is 12.4. The predicted octanol–water partition coefficient (Wildman–Crippen LogP) is 1.84. The Balaban J connectivity index is 1.96. The molecule has 20 heavy (non-hydrogen) atoms. The number of piperidine rings is 1. The number of rotatable bonds is 5. The number of carbonyl (C=O) groups excluding carboxylic acids is 1. The summed E-state index contributed by atoms with van der Waals surface area (Å²) in [7, 11) is 1.68. The van der Waals surface area contributed by atoms with E-state index >= 15 is 0 Å². The summed E-state index contributed by atoms with van der Waals surface area (Å²) < 4.78 is 5.19. The fourth-order valence-corrected chi connectivity index (χ4v) is 2.67. The summed E-state index contributed by atoms with van der Waals surface area (Å²) in [5, 5.41) is 6.38. The second-order valence-electron chi connectivity index (χ2n) is 5.73. The van der Waals surface area contributed by atoms with E-state index in [1.54, 1.807) is 7.11 Å². The summed E-state index contributed by atoms with van der Waals surface area (Å²) in [6.07, 6.45) is 2.01. The molecule has 1 fully saturated rings. The molecule has 0 radical (unpaired) electrons. The molecule has 1 aromatic carbocycles. The molecule has 1 saturated heterocycles. The van der Waals surface area contributed by atoms with Crippen molar-refractivity contribution in [2.45, 2.75) is 32.9 Å². The molecule has 1 aliphatic heterocycles. The Kier molecular flexibility index (Phi) is 5.15. The number of amides is 1. The summed E-state index contributed by atoms with van der Waals surface area (Å²) >= 11 is 0. The Labute approximate surface area is 120 Å². The Bertz CT molecular complexity index is 454. The van der Waals surface area contributed by atoms with E-state index in [1.807, 2.05) is 31.2 Å². The van der Waals surface area contributed by atoms with Crippen LogP contribution in [0.1, 0.15) is 30.9 Å². The lowest BCUT2D eigenvalue weighted by atomic mass is 9.82. The number of methoxy groups -OCH3 is 1. The van der Waals surface area contributed by atoms with Crippen LogP contribution in [0.5, 0.6) is 0 Å². The maximum absolute atomic E-state index is 12.4. The molecule has 1 heterocycles. The van der Waals surface area contributed by atoms with Gasteiger partial charge in [0.25, 0.3) is 0 Å². The van der Waals surface area contributed by atoms with Crippen LogP contribution in [0.4, 0.5) is 0 Å². The fourth-order valence-electron chi connectivity index (χ4n) is 2.67. The van der Waals surface area contributed by atoms with Crippen LogP contribution in [0.2, 0.25) is 0 Å². The van der Waals surface area contributed by atoms with Crippen molar-refractivity contribution >= 4 is 5.91 Å². The summed E-state index contributed by atoms with van der Waals surface area (Å²) in [4.78, 5) is 12.4. The Morgan fingerprint density at radius 2 is 2.15 bits per heavy atom. The average molecular weight is 276 g/mol. The van der Waals surface area contributed by atoms with Gasteiger partial charge in [-0.2, -0.15) is 0 Å². The molecule has 1 amide bonds. The first-order valence-corrected chi connectivity index (χ1v) is 7.20. The Morgan fingerprint density at radius 3 is 2.80 bits per heavy atom. The van der Waals surface area contributed by atoms with Crippen molar-refractivity contribution in [3.8, 4) is 0 Å². The highest BCUT2D eigenvalue weighted by Crippen LogP contribution is 2.25. The van der Waals surface area contributed by atoms with Gasteiger partial charge in [-0.05, 0) is 37.4 Å². The maximum Gasteiger partial charge on any atom is 0.227 e. The minimum Gasteiger partial charge on any atom is -0.380 e. The van der Waals surface area contributed by atoms with Crippen LogP contribution in [0.15, 0.2) is 24.3 Å². The van der Waals surface area contributed by atoms with Crippen molar-refractivity contribution in [3.05, 3.63) is 35.4 Å². The monoisotopic (exact) mass is 276 g/mol. The third-order valence-electron chi connectivity index (χ3n) is 4.00. The van der Waals surface area contributed by atoms with E-state index in [9.17, 15) is 4.79 Å². The number of carbonyl (C=O) groups is 1. The minimum atomic E-state index is -0.283. The molecule has 0 aliphatic carbocycles. The van der Waals surface area contributed by atoms with Gasteiger partial charge in [-0.25, -0.2) is 0 Å². The highest BCUT2D eigenvalue weighted by molar-refractivity contribution is 5.82. The van der Waals surface area contributed by atoms with Crippen molar-refractivity contribution in [2.24, 2.45) is 5.41 Å². The van der Waals surface area contributed by atoms with Gasteiger partial charge >= 0.3 is 0 Å². The normalized spacial score (nSPS) is 22.5. The topological polar surface area (TPSA) is 50.4 Å². The molecule has 4 heteroatoms. The smallest absolute Gasteiger partial charge is 0.227 e. The number of hydrogen-bond donors (Lipinski definition) is 2. The highest BCUT2D eigenvalue weighted by atomic mass is 16.5. The number of benzene rings is 1. The summed E-state index contributed by atoms with van der Waals surface area (Å²) in [5.74, 6) is 0.136. The van der Waals surface area contributed by atoms with E-state index in [4.69, 9.17) is 4.74 Å². The van der Waals surface area contributed by atoms with E-state index in [-0.39, 0.29) is 11.3 Å². The predicted molar refractivity (Wildman–Crippen MR) is 79.2 cm³/mol. The zero-order valence-electron chi connectivity index (χ0n) is 12.4. The molecular formula is C16H24N2O2. The molecular weight excluding hydrogens is 252 g/mol. The van der Waals surface area contributed by atoms with E-state index in [0.717, 1.165) is 37.1 Å². The molecule has 1 unspecified atom stereocenters. The third-order valence-corrected chi connectivity index (χ3v) is 4.00. The van der Waals surface area contributed by atoms with E-state index in [1.165, 1.54) is 0 Å². The van der Waals surface area contributed by atoms with Crippen LogP contribution in [0.25, 0.3) is 0 Å². The van der Waals surface area contributed by atoms with Crippen LogP contribution in [-0.2, 0) is 22.7 Å². The van der Waals surface area contributed by atoms with Gasteiger partial charge in [0.15, 0.2) is 0 Å². The molecule has 1 aromatic rings. The molecule has 1 aliphatic rings. The van der Waals surface area contributed by atoms with Gasteiger partial charge in [0.2, 0.25) is 5.91 Å². The SMILES string of the molecule is COCc1ccccc1CNC(=O)C1(C)CCCNC1. The van der Waals surface area contributed by atoms with Crippen LogP contribution in [0, 0.1) is 5.41 Å². The van der Waals surface area contributed by atoms with Crippen molar-refractivity contribution in [3.63, 3.8) is 0 Å². The zero-order valence-corrected chi connectivity index (χ0v) is 12.4. The molecule has 0 spiro atoms. The lowest BCUT2D eigenvalue weighted by Gasteiger charge is -2.32. The van der Waals surface area contributed by atoms with Gasteiger partial charge in [0.05, 0.1) is 12.0 Å². The van der Waals surface area contributed by atoms with E-state index < -0.39 is 0 Å². The van der Waals surface area contributed by atoms with Crippen molar-refractivity contribution in [1.82, 2.24) is 10.6 Å². The molecule has 0 bridgehead atoms. The van der Waals surface area contributed by atoms with Crippen LogP contribution in [0.3, 0.4) is 0 Å². The fraction of sp³-hybridized carbons (Fsp3) is 0.562. The number of ether oxygens (including phenoxy) is 1. The highest BCUT2D eigenvalue weighted by Gasteiger charge is 2.34. The quantitative estimate of drug-likeness (QED) is 0.863. The van der Waals surface area contributed by atoms with Gasteiger partial charge in [-0.3, -0.25) is 4.79 Å². The largest absolute Gasteiger partial charge is 0.380 e. The van der Waals surface area contributed by atoms with Crippen molar-refractivity contribution < 1.29 is 9.53 Å². The van der Waals surface area contributed by atoms with Crippen molar-refractivity contribution in [1.29, 1.82) is 0 Å². The van der Waals surface area contributed by atoms with Crippen LogP contribution in [-0.4, -0.2) is 26.1 Å². The molecule has 4 nitrogen and oxygen atoms in total. The molecule has 1 atom stereocenters. The molecule has 2 rings (SSSR count). The Hall–Kier alpha value is -1.39. The number of hydrogen-bond acceptors (Lipinski definition) is 3. The van der Waals surface area contributed by atoms with Crippen LogP contribution >= 0.6 is 0 Å². The summed E-state index contributed by atoms with van der Waals surface area (Å²) in [6, 6.07) is 8.06. The zero-order chi connectivity index (χ0) is 14.4. The number of nitrogens with one attached hydrogen (secondary N) is 2. The standard InChI is InChI=1S/C16H24N2O2/c1-16(8-5-9-17-12-16)15(19)18-10-13-6-3-4-7-14(13)11-20-2/h3-4,6-7,17H,5,8-12H2,1-2H3,(H,18,19). The van der Waals surface area contributed by atoms with Gasteiger partial charge in [-0.1, -0.05) is 24.3 Å². The first-order chi connectivity index (χ1) is 9.65. The summed E-state index contributed by atoms with van der Waals surface area (Å²) in [5.41, 5.74) is 1.96. The van der Waals surface area contributed by atoms with Gasteiger partial charge in [0.1, 0.15) is 0 Å². The first kappa shape index (κ1) is 15.0. The van der Waals surface area contributed by atoms with Crippen LogP contribution < -0.4 is 10.6 Å². The van der Waals surface area contributed by atoms with Gasteiger partial charge in [-0.15, -0.1) is 0 Å². The lowest BCUT2D eigenvalue weighted by molar-refractivity contribution is -0.131. The molecule has 0 aromatic heterocycles. The first-order valence-electron chi connectivity index (χ1n) is 7.20. The molecule has 0 saturated carbocycles. The van der Waals surface area contributed by atoms with Crippen molar-refractivity contribution in [2.75, 3.05) is 20.2 Å². The van der Waals surface area contributed by atoms with Gasteiger partial charge < -0.3 is 15.4 Å². The second-order valence-corrected chi connectivity index (χ2v) is 5.73. The van der Waals surface area contributed by atoms with E-state index in [2.05, 4.69) is 10.6 Å². The molecule has 2 N–H and O–H groups in total. The average Bonchev–Trinajstić information content (AvgIpc) is 2.47. The minimum absolute atomic E-state index is 0.136. The summed E-state index contributed by atoms with van der Waals surface area (Å²) in [6.45, 7) is 4.95. The lowest BCUT2D eigenvalue weighted by Crippen LogP contribution is -2.48. The Morgan fingerprint density at radius 1 is 1.40 bits per heavy atom. The molecule has 110 valence electrons. The van der Waals surface area contributed by atoms with Gasteiger partial charge in [0, 0.05) is 20.2 Å².